The molecular formula is C12H22N2O. The van der Waals surface area contributed by atoms with Crippen molar-refractivity contribution in [3.63, 3.8) is 0 Å². The molecule has 0 aromatic rings. The van der Waals surface area contributed by atoms with E-state index in [1.54, 1.807) is 0 Å². The normalized spacial score (nSPS) is 24.5. The molecule has 1 aliphatic carbocycles. The number of nitrogens with one attached hydrogen (secondary N) is 1. The van der Waals surface area contributed by atoms with Crippen LogP contribution in [0.25, 0.3) is 0 Å². The molecule has 1 unspecified atom stereocenters. The van der Waals surface area contributed by atoms with Gasteiger partial charge in [-0.05, 0) is 38.5 Å². The Morgan fingerprint density at radius 2 is 1.80 bits per heavy atom. The van der Waals surface area contributed by atoms with Gasteiger partial charge in [0, 0.05) is 19.1 Å². The Morgan fingerprint density at radius 3 is 2.40 bits per heavy atom. The number of likely N-dealkylation sites (tertiary alicyclic amines) is 1. The maximum Gasteiger partial charge on any atom is 0.317 e. The Labute approximate surface area is 92.2 Å². The fourth-order valence-corrected chi connectivity index (χ4v) is 2.78. The highest BCUT2D eigenvalue weighted by Gasteiger charge is 2.25. The maximum absolute atomic E-state index is 11.8. The van der Waals surface area contributed by atoms with Crippen molar-refractivity contribution in [2.24, 2.45) is 5.92 Å². The molecule has 0 aromatic carbocycles. The Morgan fingerprint density at radius 1 is 1.20 bits per heavy atom. The highest BCUT2D eigenvalue weighted by Crippen LogP contribution is 2.27. The van der Waals surface area contributed by atoms with Crippen LogP contribution in [0, 0.1) is 5.92 Å². The Kier molecular flexibility index (Phi) is 3.49. The first-order valence-electron chi connectivity index (χ1n) is 6.33. The number of carbonyl (C=O) groups is 1. The summed E-state index contributed by atoms with van der Waals surface area (Å²) < 4.78 is 0. The molecule has 2 aliphatic rings. The Bertz CT molecular complexity index is 218. The van der Waals surface area contributed by atoms with Crippen molar-refractivity contribution >= 4 is 6.03 Å². The lowest BCUT2D eigenvalue weighted by atomic mass is 10.0. The summed E-state index contributed by atoms with van der Waals surface area (Å²) in [5.41, 5.74) is 0. The molecule has 0 radical (unpaired) electrons. The standard InChI is InChI=1S/C12H22N2O/c1-10(11-6-2-3-7-11)13-12(15)14-8-4-5-9-14/h10-11H,2-9H2,1H3,(H,13,15). The molecule has 1 N–H and O–H groups in total. The first-order valence-corrected chi connectivity index (χ1v) is 6.33. The van der Waals surface area contributed by atoms with Gasteiger partial charge >= 0.3 is 6.03 Å². The van der Waals surface area contributed by atoms with E-state index < -0.39 is 0 Å². The molecule has 86 valence electrons. The van der Waals surface area contributed by atoms with Crippen LogP contribution in [0.3, 0.4) is 0 Å². The van der Waals surface area contributed by atoms with Crippen LogP contribution < -0.4 is 5.32 Å². The summed E-state index contributed by atoms with van der Waals surface area (Å²) in [5.74, 6) is 0.719. The maximum atomic E-state index is 11.8. The summed E-state index contributed by atoms with van der Waals surface area (Å²) >= 11 is 0. The third-order valence-electron chi connectivity index (χ3n) is 3.85. The number of hydrogen-bond acceptors (Lipinski definition) is 1. The third kappa shape index (κ3) is 2.64. The van der Waals surface area contributed by atoms with Gasteiger partial charge in [-0.25, -0.2) is 4.79 Å². The zero-order valence-electron chi connectivity index (χ0n) is 9.67. The molecule has 3 heteroatoms. The van der Waals surface area contributed by atoms with Crippen molar-refractivity contribution in [2.75, 3.05) is 13.1 Å². The van der Waals surface area contributed by atoms with Crippen molar-refractivity contribution in [3.05, 3.63) is 0 Å². The molecule has 2 fully saturated rings. The quantitative estimate of drug-likeness (QED) is 0.745. The van der Waals surface area contributed by atoms with Crippen LogP contribution in [0.5, 0.6) is 0 Å². The third-order valence-corrected chi connectivity index (χ3v) is 3.85. The Balaban J connectivity index is 1.77. The van der Waals surface area contributed by atoms with Crippen LogP contribution in [0.15, 0.2) is 0 Å². The van der Waals surface area contributed by atoms with Crippen molar-refractivity contribution in [1.82, 2.24) is 10.2 Å². The lowest BCUT2D eigenvalue weighted by Gasteiger charge is -2.24. The van der Waals surface area contributed by atoms with E-state index >= 15 is 0 Å². The summed E-state index contributed by atoms with van der Waals surface area (Å²) in [7, 11) is 0. The van der Waals surface area contributed by atoms with Gasteiger partial charge in [0.05, 0.1) is 0 Å². The predicted octanol–water partition coefficient (Wildman–Crippen LogP) is 2.37. The van der Waals surface area contributed by atoms with Crippen molar-refractivity contribution < 1.29 is 4.79 Å². The molecule has 2 amide bonds. The lowest BCUT2D eigenvalue weighted by Crippen LogP contribution is -2.44. The fourth-order valence-electron chi connectivity index (χ4n) is 2.78. The number of nitrogens with zero attached hydrogens (tertiary/aromatic N) is 1. The average molecular weight is 210 g/mol. The van der Waals surface area contributed by atoms with Crippen LogP contribution >= 0.6 is 0 Å². The number of urea groups is 1. The summed E-state index contributed by atoms with van der Waals surface area (Å²) in [6.07, 6.45) is 7.61. The molecule has 0 bridgehead atoms. The molecule has 1 heterocycles. The van der Waals surface area contributed by atoms with Crippen LogP contribution in [-0.4, -0.2) is 30.1 Å². The van der Waals surface area contributed by atoms with Crippen molar-refractivity contribution in [1.29, 1.82) is 0 Å². The van der Waals surface area contributed by atoms with Gasteiger partial charge in [-0.3, -0.25) is 0 Å². The number of carbonyl (C=O) groups excluding carboxylic acids is 1. The van der Waals surface area contributed by atoms with E-state index in [4.69, 9.17) is 0 Å². The molecule has 3 nitrogen and oxygen atoms in total. The number of hydrogen-bond donors (Lipinski definition) is 1. The second-order valence-corrected chi connectivity index (χ2v) is 4.98. The lowest BCUT2D eigenvalue weighted by molar-refractivity contribution is 0.200. The summed E-state index contributed by atoms with van der Waals surface area (Å²) in [4.78, 5) is 13.8. The second-order valence-electron chi connectivity index (χ2n) is 4.98. The number of rotatable bonds is 2. The zero-order valence-corrected chi connectivity index (χ0v) is 9.67. The van der Waals surface area contributed by atoms with E-state index in [1.807, 2.05) is 4.90 Å². The SMILES string of the molecule is CC(NC(=O)N1CCCC1)C1CCCC1. The van der Waals surface area contributed by atoms with Gasteiger partial charge in [-0.2, -0.15) is 0 Å². The molecule has 0 spiro atoms. The smallest absolute Gasteiger partial charge is 0.317 e. The van der Waals surface area contributed by atoms with Gasteiger partial charge in [0.1, 0.15) is 0 Å². The first kappa shape index (κ1) is 10.8. The highest BCUT2D eigenvalue weighted by molar-refractivity contribution is 5.74. The molecule has 0 aromatic heterocycles. The molecule has 15 heavy (non-hydrogen) atoms. The fraction of sp³-hybridized carbons (Fsp3) is 0.917. The van der Waals surface area contributed by atoms with Gasteiger partial charge < -0.3 is 10.2 Å². The second kappa shape index (κ2) is 4.86. The van der Waals surface area contributed by atoms with Crippen LogP contribution in [0.4, 0.5) is 4.79 Å². The molecule has 1 saturated heterocycles. The van der Waals surface area contributed by atoms with Gasteiger partial charge in [0.15, 0.2) is 0 Å². The van der Waals surface area contributed by atoms with Gasteiger partial charge in [0.2, 0.25) is 0 Å². The van der Waals surface area contributed by atoms with E-state index in [0.717, 1.165) is 19.0 Å². The monoisotopic (exact) mass is 210 g/mol. The molecular weight excluding hydrogens is 188 g/mol. The van der Waals surface area contributed by atoms with Gasteiger partial charge in [-0.1, -0.05) is 12.8 Å². The van der Waals surface area contributed by atoms with Crippen molar-refractivity contribution in [3.8, 4) is 0 Å². The van der Waals surface area contributed by atoms with Crippen LogP contribution in [0.2, 0.25) is 0 Å². The largest absolute Gasteiger partial charge is 0.335 e. The van der Waals surface area contributed by atoms with Crippen LogP contribution in [-0.2, 0) is 0 Å². The minimum atomic E-state index is 0.159. The van der Waals surface area contributed by atoms with Gasteiger partial charge in [-0.15, -0.1) is 0 Å². The summed E-state index contributed by atoms with van der Waals surface area (Å²) in [5, 5.41) is 3.15. The minimum Gasteiger partial charge on any atom is -0.335 e. The summed E-state index contributed by atoms with van der Waals surface area (Å²) in [6.45, 7) is 4.05. The predicted molar refractivity (Wildman–Crippen MR) is 60.8 cm³/mol. The first-order chi connectivity index (χ1) is 7.27. The van der Waals surface area contributed by atoms with E-state index in [1.165, 1.54) is 38.5 Å². The minimum absolute atomic E-state index is 0.159. The van der Waals surface area contributed by atoms with Crippen molar-refractivity contribution in [2.45, 2.75) is 51.5 Å². The van der Waals surface area contributed by atoms with E-state index in [0.29, 0.717) is 6.04 Å². The van der Waals surface area contributed by atoms with E-state index in [2.05, 4.69) is 12.2 Å². The molecule has 1 atom stereocenters. The average Bonchev–Trinajstić information content (AvgIpc) is 2.91. The molecule has 1 aliphatic heterocycles. The number of amides is 2. The van der Waals surface area contributed by atoms with E-state index in [9.17, 15) is 4.79 Å². The highest BCUT2D eigenvalue weighted by atomic mass is 16.2. The summed E-state index contributed by atoms with van der Waals surface area (Å²) in [6, 6.07) is 0.521. The molecule has 2 rings (SSSR count). The molecule has 1 saturated carbocycles. The Hall–Kier alpha value is -0.730. The van der Waals surface area contributed by atoms with Crippen LogP contribution in [0.1, 0.15) is 45.4 Å². The topological polar surface area (TPSA) is 32.3 Å². The van der Waals surface area contributed by atoms with Gasteiger partial charge in [0.25, 0.3) is 0 Å². The van der Waals surface area contributed by atoms with E-state index in [-0.39, 0.29) is 6.03 Å². The zero-order chi connectivity index (χ0) is 10.7.